The highest BCUT2D eigenvalue weighted by atomic mass is 19.4. The van der Waals surface area contributed by atoms with Gasteiger partial charge in [-0.2, -0.15) is 31.4 Å². The molecular formula is C18H15F6N7O2. The Labute approximate surface area is 181 Å². The number of halogens is 6. The van der Waals surface area contributed by atoms with Crippen LogP contribution >= 0.6 is 0 Å². The van der Waals surface area contributed by atoms with E-state index in [1.165, 1.54) is 19.2 Å². The molecule has 2 N–H and O–H groups in total. The molecule has 1 amide bonds. The van der Waals surface area contributed by atoms with Gasteiger partial charge in [0.25, 0.3) is 5.91 Å². The molecule has 3 heterocycles. The molecule has 9 nitrogen and oxygen atoms in total. The predicted molar refractivity (Wildman–Crippen MR) is 101 cm³/mol. The van der Waals surface area contributed by atoms with Crippen LogP contribution in [0.2, 0.25) is 0 Å². The minimum absolute atomic E-state index is 0.0616. The van der Waals surface area contributed by atoms with Gasteiger partial charge in [0.2, 0.25) is 5.88 Å². The van der Waals surface area contributed by atoms with Crippen molar-refractivity contribution >= 4 is 11.7 Å². The Hall–Kier alpha value is -3.91. The minimum Gasteiger partial charge on any atom is -0.480 e. The van der Waals surface area contributed by atoms with E-state index in [4.69, 9.17) is 4.74 Å². The molecule has 0 unspecified atom stereocenters. The van der Waals surface area contributed by atoms with Crippen molar-refractivity contribution in [1.29, 1.82) is 0 Å². The quantitative estimate of drug-likeness (QED) is 0.400. The first-order valence-corrected chi connectivity index (χ1v) is 9.10. The number of hydrogen-bond acceptors (Lipinski definition) is 7. The van der Waals surface area contributed by atoms with Gasteiger partial charge in [-0.25, -0.2) is 9.67 Å². The van der Waals surface area contributed by atoms with Crippen molar-refractivity contribution in [3.8, 4) is 11.7 Å². The van der Waals surface area contributed by atoms with Crippen LogP contribution in [0.4, 0.5) is 32.2 Å². The highest BCUT2D eigenvalue weighted by molar-refractivity contribution is 5.95. The van der Waals surface area contributed by atoms with Gasteiger partial charge in [-0.3, -0.25) is 4.79 Å². The molecule has 15 heteroatoms. The van der Waals surface area contributed by atoms with E-state index in [1.54, 1.807) is 0 Å². The Kier molecular flexibility index (Phi) is 6.69. The van der Waals surface area contributed by atoms with Crippen molar-refractivity contribution in [3.05, 3.63) is 53.5 Å². The van der Waals surface area contributed by atoms with Crippen molar-refractivity contribution < 1.29 is 35.9 Å². The highest BCUT2D eigenvalue weighted by Gasteiger charge is 2.41. The van der Waals surface area contributed by atoms with Gasteiger partial charge in [-0.05, 0) is 18.2 Å². The fourth-order valence-electron chi connectivity index (χ4n) is 2.72. The summed E-state index contributed by atoms with van der Waals surface area (Å²) in [5.74, 6) is -1.85. The summed E-state index contributed by atoms with van der Waals surface area (Å²) in [5, 5.41) is 15.3. The number of methoxy groups -OCH3 is 1. The molecule has 0 atom stereocenters. The largest absolute Gasteiger partial charge is 0.480 e. The van der Waals surface area contributed by atoms with E-state index in [0.29, 0.717) is 10.9 Å². The third kappa shape index (κ3) is 5.48. The Bertz CT molecular complexity index is 1110. The van der Waals surface area contributed by atoms with Crippen LogP contribution in [-0.4, -0.2) is 51.1 Å². The van der Waals surface area contributed by atoms with E-state index >= 15 is 0 Å². The Morgan fingerprint density at radius 2 is 1.82 bits per heavy atom. The van der Waals surface area contributed by atoms with Gasteiger partial charge in [-0.1, -0.05) is 0 Å². The van der Waals surface area contributed by atoms with Crippen LogP contribution < -0.4 is 15.4 Å². The normalized spacial score (nSPS) is 11.8. The van der Waals surface area contributed by atoms with E-state index in [0.717, 1.165) is 18.3 Å². The molecule has 176 valence electrons. The van der Waals surface area contributed by atoms with Gasteiger partial charge in [0.1, 0.15) is 5.82 Å². The molecular weight excluding hydrogens is 460 g/mol. The number of anilines is 1. The van der Waals surface area contributed by atoms with Crippen LogP contribution in [0.15, 0.2) is 36.7 Å². The van der Waals surface area contributed by atoms with E-state index < -0.39 is 40.9 Å². The third-order valence-corrected chi connectivity index (χ3v) is 4.15. The number of hydrogen-bond donors (Lipinski definition) is 2. The lowest BCUT2D eigenvalue weighted by molar-refractivity contribution is -0.143. The number of nitrogens with zero attached hydrogens (tertiary/aromatic N) is 5. The number of pyridine rings is 1. The van der Waals surface area contributed by atoms with E-state index in [-0.39, 0.29) is 24.8 Å². The lowest BCUT2D eigenvalue weighted by atomic mass is 10.2. The fourth-order valence-corrected chi connectivity index (χ4v) is 2.72. The summed E-state index contributed by atoms with van der Waals surface area (Å²) in [7, 11) is 1.30. The molecule has 0 aromatic carbocycles. The van der Waals surface area contributed by atoms with Crippen LogP contribution in [-0.2, 0) is 12.4 Å². The first-order chi connectivity index (χ1) is 15.5. The summed E-state index contributed by atoms with van der Waals surface area (Å²) >= 11 is 0. The fraction of sp³-hybridized carbons (Fsp3) is 0.278. The zero-order chi connectivity index (χ0) is 24.2. The van der Waals surface area contributed by atoms with Crippen molar-refractivity contribution in [2.24, 2.45) is 0 Å². The molecule has 0 bridgehead atoms. The molecule has 3 rings (SSSR count). The summed E-state index contributed by atoms with van der Waals surface area (Å²) in [6.07, 6.45) is -7.78. The van der Waals surface area contributed by atoms with Gasteiger partial charge < -0.3 is 15.4 Å². The van der Waals surface area contributed by atoms with Crippen LogP contribution in [0.1, 0.15) is 21.6 Å². The lowest BCUT2D eigenvalue weighted by Crippen LogP contribution is -2.31. The zero-order valence-electron chi connectivity index (χ0n) is 16.7. The number of rotatable bonds is 7. The topological polar surface area (TPSA) is 107 Å². The number of nitrogens with one attached hydrogen (secondary N) is 2. The molecule has 0 saturated carbocycles. The summed E-state index contributed by atoms with van der Waals surface area (Å²) in [5.41, 5.74) is -3.21. The van der Waals surface area contributed by atoms with Gasteiger partial charge >= 0.3 is 12.4 Å². The van der Waals surface area contributed by atoms with Gasteiger partial charge in [0.05, 0.1) is 24.4 Å². The average Bonchev–Trinajstić information content (AvgIpc) is 3.22. The molecule has 0 aliphatic heterocycles. The van der Waals surface area contributed by atoms with E-state index in [9.17, 15) is 31.1 Å². The Balaban J connectivity index is 1.72. The van der Waals surface area contributed by atoms with E-state index in [1.807, 2.05) is 0 Å². The number of amides is 1. The summed E-state index contributed by atoms with van der Waals surface area (Å²) in [6, 6.07) is 4.37. The number of alkyl halides is 6. The Morgan fingerprint density at radius 1 is 1.06 bits per heavy atom. The maximum atomic E-state index is 13.7. The first kappa shape index (κ1) is 23.7. The second-order valence-corrected chi connectivity index (χ2v) is 6.33. The van der Waals surface area contributed by atoms with Gasteiger partial charge in [-0.15, -0.1) is 10.2 Å². The van der Waals surface area contributed by atoms with Crippen LogP contribution in [0.3, 0.4) is 0 Å². The Morgan fingerprint density at radius 3 is 2.42 bits per heavy atom. The molecule has 0 aliphatic rings. The zero-order valence-corrected chi connectivity index (χ0v) is 16.7. The van der Waals surface area contributed by atoms with Crippen LogP contribution in [0.25, 0.3) is 5.82 Å². The van der Waals surface area contributed by atoms with Crippen LogP contribution in [0.5, 0.6) is 5.88 Å². The van der Waals surface area contributed by atoms with Gasteiger partial charge in [0, 0.05) is 25.4 Å². The molecule has 3 aromatic rings. The first-order valence-electron chi connectivity index (χ1n) is 9.10. The lowest BCUT2D eigenvalue weighted by Gasteiger charge is -2.14. The van der Waals surface area contributed by atoms with E-state index in [2.05, 4.69) is 30.9 Å². The molecule has 0 spiro atoms. The molecule has 0 aliphatic carbocycles. The summed E-state index contributed by atoms with van der Waals surface area (Å²) in [6.45, 7) is -0.525. The van der Waals surface area contributed by atoms with Crippen molar-refractivity contribution in [3.63, 3.8) is 0 Å². The third-order valence-electron chi connectivity index (χ3n) is 4.15. The van der Waals surface area contributed by atoms with Crippen LogP contribution in [0, 0.1) is 0 Å². The van der Waals surface area contributed by atoms with Gasteiger partial charge in [0.15, 0.2) is 11.5 Å². The number of carbonyl (C=O) groups is 1. The van der Waals surface area contributed by atoms with Crippen molar-refractivity contribution in [2.75, 3.05) is 25.5 Å². The number of carbonyl (C=O) groups excluding carboxylic acids is 1. The molecule has 0 saturated heterocycles. The number of aromatic nitrogens is 5. The monoisotopic (exact) mass is 475 g/mol. The maximum absolute atomic E-state index is 13.7. The average molecular weight is 475 g/mol. The summed E-state index contributed by atoms with van der Waals surface area (Å²) in [4.78, 5) is 15.9. The SMILES string of the molecule is COc1ccc(-n2ncc(C(=O)NCCNc3ncccc3C(F)(F)F)c2C(F)(F)F)nn1. The minimum atomic E-state index is -4.97. The smallest absolute Gasteiger partial charge is 0.434 e. The second-order valence-electron chi connectivity index (χ2n) is 6.33. The van der Waals surface area contributed by atoms with Crippen molar-refractivity contribution in [2.45, 2.75) is 12.4 Å². The summed E-state index contributed by atoms with van der Waals surface area (Å²) < 4.78 is 85.1. The standard InChI is InChI=1S/C18H15F6N7O2/c1-33-13-5-4-12(29-30-13)31-14(18(22,23)24)10(9-28-31)16(32)27-8-7-26-15-11(17(19,20)21)3-2-6-25-15/h2-6,9H,7-8H2,1H3,(H,25,26)(H,27,32). The molecule has 0 radical (unpaired) electrons. The number of ether oxygens (including phenoxy) is 1. The van der Waals surface area contributed by atoms with Crippen molar-refractivity contribution in [1.82, 2.24) is 30.3 Å². The second kappa shape index (κ2) is 9.30. The highest BCUT2D eigenvalue weighted by Crippen LogP contribution is 2.34. The molecule has 33 heavy (non-hydrogen) atoms. The molecule has 3 aromatic heterocycles. The predicted octanol–water partition coefficient (Wildman–Crippen LogP) is 2.95. The maximum Gasteiger partial charge on any atom is 0.434 e. The molecule has 0 fully saturated rings.